The highest BCUT2D eigenvalue weighted by Gasteiger charge is 2.24. The van der Waals surface area contributed by atoms with Crippen LogP contribution in [0.2, 0.25) is 0 Å². The molecule has 0 atom stereocenters. The number of ether oxygens (including phenoxy) is 2. The maximum absolute atomic E-state index is 6.53. The average Bonchev–Trinajstić information content (AvgIpc) is 3.38. The van der Waals surface area contributed by atoms with E-state index < -0.39 is 0 Å². The Morgan fingerprint density at radius 2 is 1.61 bits per heavy atom. The van der Waals surface area contributed by atoms with Crippen LogP contribution in [0.5, 0.6) is 17.2 Å². The van der Waals surface area contributed by atoms with E-state index in [1.165, 1.54) is 31.4 Å². The standard InChI is InChI=1S/C33H34N2O3/c1-4-7-18-35(19-8-5-2)23-14-17-25-27-21-30-32(26-10-9-11-28(31(26)27)37-29(25)20-23)34-33(38-30)22-12-15-24(16-13-22)36-6-3/h9-17,20-21H,4-8,18-19H2,1-3H3. The molecule has 194 valence electrons. The lowest BCUT2D eigenvalue weighted by Gasteiger charge is -2.27. The number of fused-ring (bicyclic) bond motifs is 4. The summed E-state index contributed by atoms with van der Waals surface area (Å²) in [4.78, 5) is 7.40. The lowest BCUT2D eigenvalue weighted by molar-refractivity contribution is 0.340. The zero-order valence-corrected chi connectivity index (χ0v) is 22.4. The van der Waals surface area contributed by atoms with Crippen LogP contribution < -0.4 is 14.4 Å². The van der Waals surface area contributed by atoms with Gasteiger partial charge in [0, 0.05) is 52.3 Å². The predicted molar refractivity (Wildman–Crippen MR) is 156 cm³/mol. The van der Waals surface area contributed by atoms with Crippen molar-refractivity contribution in [3.05, 3.63) is 66.7 Å². The number of oxazole rings is 1. The van der Waals surface area contributed by atoms with Crippen LogP contribution >= 0.6 is 0 Å². The summed E-state index contributed by atoms with van der Waals surface area (Å²) >= 11 is 0. The molecule has 5 aromatic rings. The van der Waals surface area contributed by atoms with Gasteiger partial charge in [-0.2, -0.15) is 0 Å². The van der Waals surface area contributed by atoms with E-state index in [0.717, 1.165) is 68.9 Å². The van der Waals surface area contributed by atoms with Crippen LogP contribution in [-0.4, -0.2) is 24.7 Å². The van der Waals surface area contributed by atoms with Crippen LogP contribution in [0.1, 0.15) is 46.5 Å². The summed E-state index contributed by atoms with van der Waals surface area (Å²) in [6, 6.07) is 22.9. The first-order valence-corrected chi connectivity index (χ1v) is 13.9. The molecule has 0 bridgehead atoms. The van der Waals surface area contributed by atoms with E-state index in [-0.39, 0.29) is 0 Å². The van der Waals surface area contributed by atoms with Crippen molar-refractivity contribution < 1.29 is 13.9 Å². The summed E-state index contributed by atoms with van der Waals surface area (Å²) in [6.07, 6.45) is 4.74. The van der Waals surface area contributed by atoms with Gasteiger partial charge in [-0.3, -0.25) is 0 Å². The number of benzene rings is 4. The van der Waals surface area contributed by atoms with Crippen molar-refractivity contribution >= 4 is 27.6 Å². The summed E-state index contributed by atoms with van der Waals surface area (Å²) in [5, 5.41) is 2.12. The Labute approximate surface area is 224 Å². The molecule has 0 radical (unpaired) electrons. The molecule has 1 aliphatic rings. The van der Waals surface area contributed by atoms with Gasteiger partial charge in [-0.15, -0.1) is 0 Å². The predicted octanol–water partition coefficient (Wildman–Crippen LogP) is 9.23. The molecule has 0 amide bonds. The van der Waals surface area contributed by atoms with Gasteiger partial charge >= 0.3 is 0 Å². The van der Waals surface area contributed by atoms with Gasteiger partial charge in [-0.25, -0.2) is 4.98 Å². The van der Waals surface area contributed by atoms with Crippen molar-refractivity contribution in [2.24, 2.45) is 0 Å². The van der Waals surface area contributed by atoms with E-state index in [9.17, 15) is 0 Å². The van der Waals surface area contributed by atoms with Crippen molar-refractivity contribution in [3.63, 3.8) is 0 Å². The molecular weight excluding hydrogens is 472 g/mol. The molecule has 0 saturated carbocycles. The number of rotatable bonds is 10. The van der Waals surface area contributed by atoms with Crippen LogP contribution in [0.4, 0.5) is 5.69 Å². The van der Waals surface area contributed by atoms with Crippen molar-refractivity contribution in [2.75, 3.05) is 24.6 Å². The van der Waals surface area contributed by atoms with Crippen LogP contribution in [0.15, 0.2) is 71.1 Å². The molecule has 4 aromatic carbocycles. The second-order valence-corrected chi connectivity index (χ2v) is 9.90. The lowest BCUT2D eigenvalue weighted by Crippen LogP contribution is -2.25. The molecule has 1 aliphatic heterocycles. The Hall–Kier alpha value is -3.99. The van der Waals surface area contributed by atoms with E-state index in [0.29, 0.717) is 12.5 Å². The molecule has 0 N–H and O–H groups in total. The van der Waals surface area contributed by atoms with Gasteiger partial charge in [-0.1, -0.05) is 38.8 Å². The molecule has 2 heterocycles. The van der Waals surface area contributed by atoms with Crippen LogP contribution in [-0.2, 0) is 0 Å². The molecule has 38 heavy (non-hydrogen) atoms. The fraction of sp³-hybridized carbons (Fsp3) is 0.303. The highest BCUT2D eigenvalue weighted by atomic mass is 16.5. The average molecular weight is 507 g/mol. The topological polar surface area (TPSA) is 47.7 Å². The molecule has 0 spiro atoms. The maximum atomic E-state index is 6.53. The van der Waals surface area contributed by atoms with Crippen molar-refractivity contribution in [3.8, 4) is 39.8 Å². The fourth-order valence-corrected chi connectivity index (χ4v) is 5.31. The fourth-order valence-electron chi connectivity index (χ4n) is 5.31. The zero-order valence-electron chi connectivity index (χ0n) is 22.4. The van der Waals surface area contributed by atoms with Crippen LogP contribution in [0, 0.1) is 0 Å². The first-order chi connectivity index (χ1) is 18.7. The Balaban J connectivity index is 1.43. The third-order valence-electron chi connectivity index (χ3n) is 7.30. The monoisotopic (exact) mass is 506 g/mol. The quantitative estimate of drug-likeness (QED) is 0.185. The Bertz CT molecular complexity index is 1580. The minimum absolute atomic E-state index is 0.602. The van der Waals surface area contributed by atoms with Gasteiger partial charge in [-0.05, 0) is 68.3 Å². The van der Waals surface area contributed by atoms with E-state index in [2.05, 4.69) is 49.1 Å². The van der Waals surface area contributed by atoms with Crippen LogP contribution in [0.3, 0.4) is 0 Å². The van der Waals surface area contributed by atoms with E-state index in [1.807, 2.05) is 43.3 Å². The summed E-state index contributed by atoms with van der Waals surface area (Å²) in [5.41, 5.74) is 5.98. The second kappa shape index (κ2) is 10.4. The second-order valence-electron chi connectivity index (χ2n) is 9.90. The molecule has 0 fully saturated rings. The van der Waals surface area contributed by atoms with Gasteiger partial charge in [0.1, 0.15) is 22.8 Å². The van der Waals surface area contributed by atoms with Crippen molar-refractivity contribution in [2.45, 2.75) is 46.5 Å². The van der Waals surface area contributed by atoms with Gasteiger partial charge in [0.25, 0.3) is 0 Å². The molecule has 0 saturated heterocycles. The largest absolute Gasteiger partial charge is 0.494 e. The summed E-state index contributed by atoms with van der Waals surface area (Å²) in [7, 11) is 0. The minimum atomic E-state index is 0.602. The first kappa shape index (κ1) is 24.4. The Kier molecular flexibility index (Phi) is 6.67. The maximum Gasteiger partial charge on any atom is 0.227 e. The van der Waals surface area contributed by atoms with E-state index in [1.54, 1.807) is 0 Å². The van der Waals surface area contributed by atoms with Crippen LogP contribution in [0.25, 0.3) is 44.5 Å². The molecular formula is C33H34N2O3. The van der Waals surface area contributed by atoms with Crippen molar-refractivity contribution in [1.82, 2.24) is 4.98 Å². The van der Waals surface area contributed by atoms with E-state index >= 15 is 0 Å². The number of nitrogens with zero attached hydrogens (tertiary/aromatic N) is 2. The van der Waals surface area contributed by atoms with Gasteiger partial charge in [0.15, 0.2) is 5.58 Å². The molecule has 5 heteroatoms. The molecule has 5 nitrogen and oxygen atoms in total. The third-order valence-corrected chi connectivity index (χ3v) is 7.30. The summed E-state index contributed by atoms with van der Waals surface area (Å²) < 4.78 is 18.5. The molecule has 1 aromatic heterocycles. The SMILES string of the molecule is CCCCN(CCCC)c1ccc2c(c1)Oc1cccc3c1c-2cc1oc(-c2ccc(OCC)cc2)nc13. The molecule has 6 rings (SSSR count). The van der Waals surface area contributed by atoms with Gasteiger partial charge < -0.3 is 18.8 Å². The minimum Gasteiger partial charge on any atom is -0.494 e. The zero-order chi connectivity index (χ0) is 26.1. The highest BCUT2D eigenvalue weighted by Crippen LogP contribution is 2.49. The number of anilines is 1. The number of aromatic nitrogens is 1. The van der Waals surface area contributed by atoms with Gasteiger partial charge in [0.05, 0.1) is 6.61 Å². The molecule has 0 aliphatic carbocycles. The number of unbranched alkanes of at least 4 members (excludes halogenated alkanes) is 2. The number of hydrogen-bond donors (Lipinski definition) is 0. The highest BCUT2D eigenvalue weighted by molar-refractivity contribution is 6.15. The molecule has 0 unspecified atom stereocenters. The summed E-state index contributed by atoms with van der Waals surface area (Å²) in [5.74, 6) is 3.20. The van der Waals surface area contributed by atoms with Gasteiger partial charge in [0.2, 0.25) is 5.89 Å². The van der Waals surface area contributed by atoms with Crippen molar-refractivity contribution in [1.29, 1.82) is 0 Å². The smallest absolute Gasteiger partial charge is 0.227 e. The first-order valence-electron chi connectivity index (χ1n) is 13.9. The number of hydrogen-bond acceptors (Lipinski definition) is 5. The summed E-state index contributed by atoms with van der Waals surface area (Å²) in [6.45, 7) is 9.24. The third kappa shape index (κ3) is 4.36. The lowest BCUT2D eigenvalue weighted by atomic mass is 9.93. The Morgan fingerprint density at radius 3 is 2.34 bits per heavy atom. The van der Waals surface area contributed by atoms with E-state index in [4.69, 9.17) is 18.9 Å². The Morgan fingerprint density at radius 1 is 0.816 bits per heavy atom. The normalized spacial score (nSPS) is 12.0.